The van der Waals surface area contributed by atoms with Crippen molar-refractivity contribution in [3.05, 3.63) is 35.6 Å². The highest BCUT2D eigenvalue weighted by Crippen LogP contribution is 2.27. The number of hydrogen-bond acceptors (Lipinski definition) is 2. The smallest absolute Gasteiger partial charge is 0.222 e. The van der Waals surface area contributed by atoms with Crippen LogP contribution in [0.25, 0.3) is 0 Å². The zero-order valence-corrected chi connectivity index (χ0v) is 14.6. The molecule has 2 aliphatic rings. The van der Waals surface area contributed by atoms with E-state index in [4.69, 9.17) is 0 Å². The van der Waals surface area contributed by atoms with Gasteiger partial charge in [0.1, 0.15) is 5.82 Å². The fourth-order valence-electron chi connectivity index (χ4n) is 3.99. The second-order valence-electron chi connectivity index (χ2n) is 7.35. The van der Waals surface area contributed by atoms with Gasteiger partial charge in [-0.25, -0.2) is 4.39 Å². The van der Waals surface area contributed by atoms with Gasteiger partial charge in [0.05, 0.1) is 0 Å². The van der Waals surface area contributed by atoms with Gasteiger partial charge < -0.3 is 4.90 Å². The van der Waals surface area contributed by atoms with Gasteiger partial charge in [0.15, 0.2) is 0 Å². The first kappa shape index (κ1) is 17.4. The molecule has 0 bridgehead atoms. The molecule has 3 nitrogen and oxygen atoms in total. The second kappa shape index (κ2) is 8.61. The Morgan fingerprint density at radius 3 is 2.46 bits per heavy atom. The number of rotatable bonds is 4. The van der Waals surface area contributed by atoms with Crippen LogP contribution in [0, 0.1) is 11.7 Å². The molecule has 1 saturated carbocycles. The number of hydrogen-bond donors (Lipinski definition) is 0. The average Bonchev–Trinajstić information content (AvgIpc) is 2.83. The zero-order valence-electron chi connectivity index (χ0n) is 14.6. The molecule has 1 amide bonds. The van der Waals surface area contributed by atoms with Crippen LogP contribution < -0.4 is 0 Å². The summed E-state index contributed by atoms with van der Waals surface area (Å²) in [6.07, 6.45) is 8.17. The van der Waals surface area contributed by atoms with E-state index in [0.717, 1.165) is 51.1 Å². The van der Waals surface area contributed by atoms with E-state index in [9.17, 15) is 9.18 Å². The summed E-state index contributed by atoms with van der Waals surface area (Å²) in [5.74, 6) is 0.782. The van der Waals surface area contributed by atoms with Crippen molar-refractivity contribution in [2.24, 2.45) is 5.92 Å². The summed E-state index contributed by atoms with van der Waals surface area (Å²) in [5, 5.41) is 0. The molecule has 1 aliphatic heterocycles. The van der Waals surface area contributed by atoms with Gasteiger partial charge in [-0.05, 0) is 42.9 Å². The van der Waals surface area contributed by atoms with E-state index in [1.165, 1.54) is 44.2 Å². The fraction of sp³-hybridized carbons (Fsp3) is 0.650. The molecule has 1 aromatic carbocycles. The van der Waals surface area contributed by atoms with Crippen LogP contribution >= 0.6 is 0 Å². The fourth-order valence-corrected chi connectivity index (χ4v) is 3.99. The molecule has 1 heterocycles. The van der Waals surface area contributed by atoms with Crippen molar-refractivity contribution in [2.75, 3.05) is 26.2 Å². The predicted molar refractivity (Wildman–Crippen MR) is 94.1 cm³/mol. The van der Waals surface area contributed by atoms with Gasteiger partial charge in [-0.1, -0.05) is 31.4 Å². The minimum absolute atomic E-state index is 0.186. The Balaban J connectivity index is 1.47. The Labute approximate surface area is 144 Å². The topological polar surface area (TPSA) is 23.6 Å². The van der Waals surface area contributed by atoms with Crippen LogP contribution in [0.15, 0.2) is 24.3 Å². The third-order valence-electron chi connectivity index (χ3n) is 5.45. The molecule has 1 saturated heterocycles. The van der Waals surface area contributed by atoms with Crippen molar-refractivity contribution >= 4 is 5.91 Å². The molecule has 132 valence electrons. The van der Waals surface area contributed by atoms with Gasteiger partial charge >= 0.3 is 0 Å². The number of amides is 1. The molecule has 4 heteroatoms. The van der Waals surface area contributed by atoms with Crippen molar-refractivity contribution < 1.29 is 9.18 Å². The molecule has 0 radical (unpaired) electrons. The third-order valence-corrected chi connectivity index (χ3v) is 5.45. The lowest BCUT2D eigenvalue weighted by atomic mass is 9.86. The molecule has 0 N–H and O–H groups in total. The molecular formula is C20H29FN2O. The zero-order chi connectivity index (χ0) is 16.8. The van der Waals surface area contributed by atoms with Crippen LogP contribution in [0.2, 0.25) is 0 Å². The monoisotopic (exact) mass is 332 g/mol. The molecular weight excluding hydrogens is 303 g/mol. The van der Waals surface area contributed by atoms with Crippen molar-refractivity contribution in [3.8, 4) is 0 Å². The Hall–Kier alpha value is -1.42. The highest BCUT2D eigenvalue weighted by Gasteiger charge is 2.23. The van der Waals surface area contributed by atoms with Crippen molar-refractivity contribution in [2.45, 2.75) is 51.5 Å². The molecule has 0 atom stereocenters. The Kier molecular flexibility index (Phi) is 6.24. The summed E-state index contributed by atoms with van der Waals surface area (Å²) < 4.78 is 13.0. The lowest BCUT2D eigenvalue weighted by Crippen LogP contribution is -2.36. The second-order valence-corrected chi connectivity index (χ2v) is 7.35. The first-order valence-corrected chi connectivity index (χ1v) is 9.45. The number of benzene rings is 1. The van der Waals surface area contributed by atoms with E-state index in [-0.39, 0.29) is 5.82 Å². The van der Waals surface area contributed by atoms with Crippen LogP contribution in [0.1, 0.15) is 50.5 Å². The molecule has 0 unspecified atom stereocenters. The largest absolute Gasteiger partial charge is 0.341 e. The van der Waals surface area contributed by atoms with Crippen LogP contribution in [0.5, 0.6) is 0 Å². The van der Waals surface area contributed by atoms with Crippen LogP contribution in [-0.2, 0) is 11.3 Å². The maximum Gasteiger partial charge on any atom is 0.222 e. The maximum absolute atomic E-state index is 13.0. The van der Waals surface area contributed by atoms with E-state index < -0.39 is 0 Å². The van der Waals surface area contributed by atoms with Gasteiger partial charge in [-0.15, -0.1) is 0 Å². The molecule has 0 spiro atoms. The van der Waals surface area contributed by atoms with E-state index >= 15 is 0 Å². The summed E-state index contributed by atoms with van der Waals surface area (Å²) in [4.78, 5) is 17.0. The van der Waals surface area contributed by atoms with E-state index in [1.807, 2.05) is 12.1 Å². The summed E-state index contributed by atoms with van der Waals surface area (Å²) in [6, 6.07) is 6.75. The highest BCUT2D eigenvalue weighted by molar-refractivity contribution is 5.76. The van der Waals surface area contributed by atoms with Crippen LogP contribution in [0.3, 0.4) is 0 Å². The van der Waals surface area contributed by atoms with E-state index in [0.29, 0.717) is 11.8 Å². The quantitative estimate of drug-likeness (QED) is 0.836. The van der Waals surface area contributed by atoms with Crippen LogP contribution in [0.4, 0.5) is 4.39 Å². The molecule has 0 aromatic heterocycles. The normalized spacial score (nSPS) is 20.8. The van der Waals surface area contributed by atoms with Gasteiger partial charge in [-0.3, -0.25) is 9.69 Å². The van der Waals surface area contributed by atoms with Gasteiger partial charge in [0.25, 0.3) is 0 Å². The highest BCUT2D eigenvalue weighted by atomic mass is 19.1. The number of nitrogens with zero attached hydrogens (tertiary/aromatic N) is 2. The first-order chi connectivity index (χ1) is 11.7. The minimum Gasteiger partial charge on any atom is -0.341 e. The molecule has 1 aliphatic carbocycles. The summed E-state index contributed by atoms with van der Waals surface area (Å²) in [7, 11) is 0. The van der Waals surface area contributed by atoms with Crippen molar-refractivity contribution in [3.63, 3.8) is 0 Å². The lowest BCUT2D eigenvalue weighted by Gasteiger charge is -2.26. The standard InChI is InChI=1S/C20H29FN2O/c21-19-9-7-18(8-10-19)16-22-11-4-12-23(14-13-22)20(24)15-17-5-2-1-3-6-17/h7-10,17H,1-6,11-16H2. The van der Waals surface area contributed by atoms with Crippen molar-refractivity contribution in [1.29, 1.82) is 0 Å². The Bertz CT molecular complexity index is 525. The molecule has 24 heavy (non-hydrogen) atoms. The Morgan fingerprint density at radius 1 is 0.958 bits per heavy atom. The van der Waals surface area contributed by atoms with Crippen LogP contribution in [-0.4, -0.2) is 41.9 Å². The van der Waals surface area contributed by atoms with Gasteiger partial charge in [-0.2, -0.15) is 0 Å². The minimum atomic E-state index is -0.186. The summed E-state index contributed by atoms with van der Waals surface area (Å²) >= 11 is 0. The number of halogens is 1. The third kappa shape index (κ3) is 5.04. The maximum atomic E-state index is 13.0. The first-order valence-electron chi connectivity index (χ1n) is 9.45. The van der Waals surface area contributed by atoms with E-state index in [2.05, 4.69) is 9.80 Å². The molecule has 3 rings (SSSR count). The van der Waals surface area contributed by atoms with Crippen molar-refractivity contribution in [1.82, 2.24) is 9.80 Å². The van der Waals surface area contributed by atoms with E-state index in [1.54, 1.807) is 0 Å². The number of carbonyl (C=O) groups is 1. The lowest BCUT2D eigenvalue weighted by molar-refractivity contribution is -0.132. The average molecular weight is 332 g/mol. The summed E-state index contributed by atoms with van der Waals surface area (Å²) in [6.45, 7) is 4.46. The predicted octanol–water partition coefficient (Wildman–Crippen LogP) is 3.83. The Morgan fingerprint density at radius 2 is 1.71 bits per heavy atom. The van der Waals surface area contributed by atoms with Gasteiger partial charge in [0.2, 0.25) is 5.91 Å². The SMILES string of the molecule is O=C(CC1CCCCC1)N1CCCN(Cc2ccc(F)cc2)CC1. The molecule has 2 fully saturated rings. The number of carbonyl (C=O) groups excluding carboxylic acids is 1. The molecule has 1 aromatic rings. The van der Waals surface area contributed by atoms with Gasteiger partial charge in [0, 0.05) is 39.1 Å². The summed E-state index contributed by atoms with van der Waals surface area (Å²) in [5.41, 5.74) is 1.14.